The van der Waals surface area contributed by atoms with Crippen LogP contribution in [0.15, 0.2) is 42.3 Å². The van der Waals surface area contributed by atoms with Crippen LogP contribution in [-0.4, -0.2) is 32.2 Å². The molecule has 2 aromatic heterocycles. The van der Waals surface area contributed by atoms with Gasteiger partial charge in [-0.15, -0.1) is 11.3 Å². The van der Waals surface area contributed by atoms with Gasteiger partial charge in [0, 0.05) is 17.6 Å². The number of nitrogens with zero attached hydrogens (tertiary/aromatic N) is 4. The molecular formula is C18H22N6OS. The van der Waals surface area contributed by atoms with Crippen LogP contribution in [0.1, 0.15) is 36.3 Å². The summed E-state index contributed by atoms with van der Waals surface area (Å²) < 4.78 is 1.75. The fourth-order valence-electron chi connectivity index (χ4n) is 2.32. The van der Waals surface area contributed by atoms with E-state index in [2.05, 4.69) is 39.5 Å². The number of amides is 1. The lowest BCUT2D eigenvalue weighted by Gasteiger charge is -2.06. The molecule has 0 bridgehead atoms. The number of nitrogens with one attached hydrogen (secondary N) is 2. The molecule has 26 heavy (non-hydrogen) atoms. The number of anilines is 2. The van der Waals surface area contributed by atoms with Crippen LogP contribution in [0.3, 0.4) is 0 Å². The molecule has 2 heterocycles. The van der Waals surface area contributed by atoms with Gasteiger partial charge in [0.25, 0.3) is 5.91 Å². The molecule has 0 fully saturated rings. The summed E-state index contributed by atoms with van der Waals surface area (Å²) >= 11 is 1.45. The highest BCUT2D eigenvalue weighted by Crippen LogP contribution is 2.18. The quantitative estimate of drug-likeness (QED) is 0.634. The minimum absolute atomic E-state index is 0.206. The van der Waals surface area contributed by atoms with Gasteiger partial charge in [-0.1, -0.05) is 26.0 Å². The van der Waals surface area contributed by atoms with Gasteiger partial charge in [0.1, 0.15) is 18.3 Å². The molecule has 1 aromatic carbocycles. The number of thiazole rings is 1. The first kappa shape index (κ1) is 18.1. The van der Waals surface area contributed by atoms with E-state index in [1.165, 1.54) is 17.7 Å². The van der Waals surface area contributed by atoms with Crippen molar-refractivity contribution in [2.75, 3.05) is 17.2 Å². The lowest BCUT2D eigenvalue weighted by Crippen LogP contribution is -2.13. The van der Waals surface area contributed by atoms with Crippen LogP contribution in [0.4, 0.5) is 10.8 Å². The molecule has 0 saturated carbocycles. The summed E-state index contributed by atoms with van der Waals surface area (Å²) in [6.45, 7) is 5.87. The molecule has 3 aromatic rings. The van der Waals surface area contributed by atoms with Crippen LogP contribution in [-0.2, 0) is 6.54 Å². The van der Waals surface area contributed by atoms with E-state index < -0.39 is 0 Å². The Morgan fingerprint density at radius 2 is 2.08 bits per heavy atom. The van der Waals surface area contributed by atoms with Gasteiger partial charge >= 0.3 is 0 Å². The molecule has 0 saturated heterocycles. The van der Waals surface area contributed by atoms with Crippen LogP contribution in [0.2, 0.25) is 0 Å². The Bertz CT molecular complexity index is 826. The van der Waals surface area contributed by atoms with E-state index in [4.69, 9.17) is 0 Å². The molecule has 1 amide bonds. The van der Waals surface area contributed by atoms with Gasteiger partial charge in [-0.25, -0.2) is 14.6 Å². The van der Waals surface area contributed by atoms with E-state index >= 15 is 0 Å². The molecular weight excluding hydrogens is 348 g/mol. The third-order valence-corrected chi connectivity index (χ3v) is 4.56. The number of hydrogen-bond donors (Lipinski definition) is 2. The lowest BCUT2D eigenvalue weighted by atomic mass is 10.1. The van der Waals surface area contributed by atoms with Gasteiger partial charge in [0.05, 0.1) is 6.54 Å². The molecule has 0 atom stereocenters. The van der Waals surface area contributed by atoms with Crippen LogP contribution < -0.4 is 10.6 Å². The third-order valence-electron chi connectivity index (χ3n) is 3.76. The van der Waals surface area contributed by atoms with E-state index in [1.54, 1.807) is 16.4 Å². The van der Waals surface area contributed by atoms with Crippen molar-refractivity contribution in [3.63, 3.8) is 0 Å². The number of carbonyl (C=O) groups is 1. The topological polar surface area (TPSA) is 84.7 Å². The van der Waals surface area contributed by atoms with Gasteiger partial charge in [-0.2, -0.15) is 5.10 Å². The van der Waals surface area contributed by atoms with E-state index in [0.717, 1.165) is 29.3 Å². The summed E-state index contributed by atoms with van der Waals surface area (Å²) in [6.07, 6.45) is 4.25. The van der Waals surface area contributed by atoms with Gasteiger partial charge in [-0.3, -0.25) is 4.79 Å². The Balaban J connectivity index is 1.53. The van der Waals surface area contributed by atoms with Gasteiger partial charge in [0.2, 0.25) is 0 Å². The van der Waals surface area contributed by atoms with Crippen molar-refractivity contribution in [1.82, 2.24) is 19.7 Å². The number of rotatable bonds is 8. The second-order valence-electron chi connectivity index (χ2n) is 6.39. The number of aromatic nitrogens is 4. The first-order chi connectivity index (χ1) is 12.6. The zero-order valence-electron chi connectivity index (χ0n) is 14.8. The zero-order chi connectivity index (χ0) is 18.4. The summed E-state index contributed by atoms with van der Waals surface area (Å²) in [6, 6.07) is 7.66. The number of benzene rings is 1. The average molecular weight is 370 g/mol. The molecule has 7 nitrogen and oxygen atoms in total. The molecule has 0 aliphatic carbocycles. The monoisotopic (exact) mass is 370 g/mol. The van der Waals surface area contributed by atoms with Crippen LogP contribution in [0.25, 0.3) is 0 Å². The van der Waals surface area contributed by atoms with Crippen molar-refractivity contribution in [2.24, 2.45) is 5.92 Å². The number of carbonyl (C=O) groups excluding carboxylic acids is 1. The van der Waals surface area contributed by atoms with E-state index in [-0.39, 0.29) is 5.91 Å². The van der Waals surface area contributed by atoms with Crippen LogP contribution in [0.5, 0.6) is 0 Å². The second-order valence-corrected chi connectivity index (χ2v) is 7.25. The molecule has 136 valence electrons. The maximum atomic E-state index is 12.3. The van der Waals surface area contributed by atoms with Crippen LogP contribution in [0, 0.1) is 5.92 Å². The Morgan fingerprint density at radius 3 is 2.77 bits per heavy atom. The minimum atomic E-state index is -0.206. The molecule has 8 heteroatoms. The Kier molecular flexibility index (Phi) is 5.96. The summed E-state index contributed by atoms with van der Waals surface area (Å²) in [5.74, 6) is 0.431. The highest BCUT2D eigenvalue weighted by atomic mass is 32.1. The maximum absolute atomic E-state index is 12.3. The van der Waals surface area contributed by atoms with Crippen molar-refractivity contribution in [3.8, 4) is 0 Å². The van der Waals surface area contributed by atoms with Crippen molar-refractivity contribution in [1.29, 1.82) is 0 Å². The predicted octanol–water partition coefficient (Wildman–Crippen LogP) is 3.49. The van der Waals surface area contributed by atoms with Crippen molar-refractivity contribution >= 4 is 28.1 Å². The van der Waals surface area contributed by atoms with Gasteiger partial charge < -0.3 is 10.6 Å². The molecule has 0 radical (unpaired) electrons. The molecule has 3 rings (SSSR count). The van der Waals surface area contributed by atoms with Crippen LogP contribution >= 0.6 is 11.3 Å². The van der Waals surface area contributed by atoms with Gasteiger partial charge in [0.15, 0.2) is 5.13 Å². The molecule has 0 aliphatic heterocycles. The largest absolute Gasteiger partial charge is 0.361 e. The predicted molar refractivity (Wildman–Crippen MR) is 104 cm³/mol. The van der Waals surface area contributed by atoms with E-state index in [1.807, 2.05) is 24.3 Å². The Morgan fingerprint density at radius 1 is 1.27 bits per heavy atom. The fraction of sp³-hybridized carbons (Fsp3) is 0.333. The first-order valence-electron chi connectivity index (χ1n) is 8.52. The highest BCUT2D eigenvalue weighted by molar-refractivity contribution is 7.13. The van der Waals surface area contributed by atoms with E-state index in [9.17, 15) is 4.79 Å². The molecule has 0 aliphatic rings. The third kappa shape index (κ3) is 5.13. The fourth-order valence-corrected chi connectivity index (χ4v) is 3.04. The Hall–Kier alpha value is -2.74. The SMILES string of the molecule is CC(C)CCNc1nc(C(=O)Nc2ccc(Cn3cncn3)cc2)cs1. The molecule has 0 spiro atoms. The number of hydrogen-bond acceptors (Lipinski definition) is 6. The van der Waals surface area contributed by atoms with Gasteiger partial charge in [-0.05, 0) is 30.0 Å². The second kappa shape index (κ2) is 8.57. The van der Waals surface area contributed by atoms with Crippen molar-refractivity contribution < 1.29 is 4.79 Å². The van der Waals surface area contributed by atoms with E-state index in [0.29, 0.717) is 18.2 Å². The summed E-state index contributed by atoms with van der Waals surface area (Å²) in [5.41, 5.74) is 2.24. The minimum Gasteiger partial charge on any atom is -0.361 e. The summed E-state index contributed by atoms with van der Waals surface area (Å²) in [7, 11) is 0. The Labute approximate surface area is 156 Å². The first-order valence-corrected chi connectivity index (χ1v) is 9.40. The lowest BCUT2D eigenvalue weighted by molar-refractivity contribution is 0.102. The summed E-state index contributed by atoms with van der Waals surface area (Å²) in [5, 5.41) is 12.8. The standard InChI is InChI=1S/C18H22N6OS/c1-13(2)7-8-20-18-23-16(10-26-18)17(25)22-15-5-3-14(4-6-15)9-24-12-19-11-21-24/h3-6,10-13H,7-9H2,1-2H3,(H,20,23)(H,22,25). The average Bonchev–Trinajstić information content (AvgIpc) is 3.28. The van der Waals surface area contributed by atoms with Crippen molar-refractivity contribution in [2.45, 2.75) is 26.8 Å². The smallest absolute Gasteiger partial charge is 0.275 e. The zero-order valence-corrected chi connectivity index (χ0v) is 15.7. The van der Waals surface area contributed by atoms with Crippen molar-refractivity contribution in [3.05, 3.63) is 53.6 Å². The highest BCUT2D eigenvalue weighted by Gasteiger charge is 2.11. The molecule has 0 unspecified atom stereocenters. The maximum Gasteiger partial charge on any atom is 0.275 e. The molecule has 2 N–H and O–H groups in total. The normalized spacial score (nSPS) is 10.9. The summed E-state index contributed by atoms with van der Waals surface area (Å²) in [4.78, 5) is 20.6.